The van der Waals surface area contributed by atoms with Gasteiger partial charge in [0, 0.05) is 12.1 Å². The number of carbonyl (C=O) groups excluding carboxylic acids is 1. The Morgan fingerprint density at radius 1 is 1.00 bits per heavy atom. The average Bonchev–Trinajstić information content (AvgIpc) is 2.40. The van der Waals surface area contributed by atoms with E-state index in [9.17, 15) is 4.79 Å². The van der Waals surface area contributed by atoms with Gasteiger partial charge in [-0.15, -0.1) is 0 Å². The zero-order valence-corrected chi connectivity index (χ0v) is 17.8. The van der Waals surface area contributed by atoms with E-state index >= 15 is 0 Å². The van der Waals surface area contributed by atoms with Crippen molar-refractivity contribution < 1.29 is 9.53 Å². The van der Waals surface area contributed by atoms with Crippen LogP contribution in [0.25, 0.3) is 0 Å². The zero-order valence-electron chi connectivity index (χ0n) is 16.8. The number of hydrogen-bond acceptors (Lipinski definition) is 3. The molecule has 0 aromatic carbocycles. The van der Waals surface area contributed by atoms with Gasteiger partial charge in [0.15, 0.2) is 0 Å². The van der Waals surface area contributed by atoms with E-state index < -0.39 is 8.24 Å². The summed E-state index contributed by atoms with van der Waals surface area (Å²) < 4.78 is 5.03. The maximum absolute atomic E-state index is 11.7. The van der Waals surface area contributed by atoms with E-state index in [2.05, 4.69) is 60.4 Å². The van der Waals surface area contributed by atoms with Gasteiger partial charge in [-0.05, 0) is 35.9 Å². The molecule has 0 spiro atoms. The van der Waals surface area contributed by atoms with Gasteiger partial charge in [0.2, 0.25) is 0 Å². The van der Waals surface area contributed by atoms with E-state index in [4.69, 9.17) is 4.74 Å². The van der Waals surface area contributed by atoms with Crippen LogP contribution in [-0.4, -0.2) is 26.9 Å². The van der Waals surface area contributed by atoms with Crippen LogP contribution in [0.2, 0.25) is 16.6 Å². The van der Waals surface area contributed by atoms with Crippen LogP contribution >= 0.6 is 0 Å². The molecule has 0 heterocycles. The largest absolute Gasteiger partial charge is 0.463 e. The molecule has 0 saturated heterocycles. The first-order valence-electron chi connectivity index (χ1n) is 9.20. The van der Waals surface area contributed by atoms with E-state index in [0.717, 1.165) is 6.42 Å². The van der Waals surface area contributed by atoms with Crippen molar-refractivity contribution in [2.24, 2.45) is 5.92 Å². The Balaban J connectivity index is 5.41. The minimum absolute atomic E-state index is 0.235. The molecule has 0 radical (unpaired) electrons. The highest BCUT2D eigenvalue weighted by atomic mass is 28.3. The van der Waals surface area contributed by atoms with Gasteiger partial charge in [-0.25, -0.2) is 4.79 Å². The molecule has 0 rings (SSSR count). The minimum Gasteiger partial charge on any atom is -0.463 e. The van der Waals surface area contributed by atoms with Crippen LogP contribution < -0.4 is 4.98 Å². The van der Waals surface area contributed by atoms with Crippen molar-refractivity contribution in [3.8, 4) is 0 Å². The third-order valence-electron chi connectivity index (χ3n) is 4.78. The summed E-state index contributed by atoms with van der Waals surface area (Å²) in [5.74, 6) is 0.339. The second-order valence-electron chi connectivity index (χ2n) is 7.89. The summed E-state index contributed by atoms with van der Waals surface area (Å²) in [6, 6.07) is 0.235. The fourth-order valence-electron chi connectivity index (χ4n) is 3.90. The summed E-state index contributed by atoms with van der Waals surface area (Å²) in [5.41, 5.74) is 1.94. The van der Waals surface area contributed by atoms with Gasteiger partial charge in [-0.1, -0.05) is 61.5 Å². The minimum atomic E-state index is -1.70. The molecule has 0 aliphatic rings. The van der Waals surface area contributed by atoms with Crippen LogP contribution in [0.4, 0.5) is 0 Å². The van der Waals surface area contributed by atoms with Crippen LogP contribution in [0.15, 0.2) is 12.2 Å². The van der Waals surface area contributed by atoms with Crippen molar-refractivity contribution in [2.45, 2.75) is 91.4 Å². The van der Waals surface area contributed by atoms with Crippen molar-refractivity contribution >= 4 is 14.2 Å². The Morgan fingerprint density at radius 3 is 1.83 bits per heavy atom. The molecule has 1 N–H and O–H groups in total. The van der Waals surface area contributed by atoms with E-state index in [1.807, 2.05) is 13.0 Å². The lowest BCUT2D eigenvalue weighted by atomic mass is 10.0. The Labute approximate surface area is 145 Å². The Morgan fingerprint density at radius 2 is 1.48 bits per heavy atom. The van der Waals surface area contributed by atoms with Crippen LogP contribution in [0.1, 0.15) is 68.7 Å². The van der Waals surface area contributed by atoms with Crippen molar-refractivity contribution in [3.05, 3.63) is 12.2 Å². The molecule has 23 heavy (non-hydrogen) atoms. The number of esters is 1. The van der Waals surface area contributed by atoms with Gasteiger partial charge in [0.25, 0.3) is 0 Å². The van der Waals surface area contributed by atoms with Gasteiger partial charge in [0.1, 0.15) is 8.24 Å². The molecule has 0 aliphatic carbocycles. The molecule has 0 aromatic rings. The SMILES string of the molecule is CCOC(=O)/C=C/[C@H](CC(C)C)N[Si](C(C)C)(C(C)C)C(C)C. The first-order chi connectivity index (χ1) is 10.6. The summed E-state index contributed by atoms with van der Waals surface area (Å²) >= 11 is 0. The number of rotatable bonds is 10. The molecule has 3 nitrogen and oxygen atoms in total. The molecule has 136 valence electrons. The number of carbonyl (C=O) groups is 1. The molecule has 0 aromatic heterocycles. The fraction of sp³-hybridized carbons (Fsp3) is 0.842. The van der Waals surface area contributed by atoms with Crippen molar-refractivity contribution in [3.63, 3.8) is 0 Å². The number of ether oxygens (including phenoxy) is 1. The van der Waals surface area contributed by atoms with Gasteiger partial charge < -0.3 is 9.72 Å². The highest BCUT2D eigenvalue weighted by Crippen LogP contribution is 2.39. The predicted molar refractivity (Wildman–Crippen MR) is 103 cm³/mol. The Bertz CT molecular complexity index is 354. The smallest absolute Gasteiger partial charge is 0.330 e. The van der Waals surface area contributed by atoms with Gasteiger partial charge >= 0.3 is 5.97 Å². The molecule has 0 amide bonds. The predicted octanol–water partition coefficient (Wildman–Crippen LogP) is 5.29. The summed E-state index contributed by atoms with van der Waals surface area (Å²) in [4.78, 5) is 15.7. The molecule has 0 aliphatic heterocycles. The Kier molecular flexibility index (Phi) is 10.0. The van der Waals surface area contributed by atoms with Gasteiger partial charge in [0.05, 0.1) is 6.61 Å². The molecule has 1 atom stereocenters. The molecular formula is C19H39NO2Si. The normalized spacial score (nSPS) is 14.5. The maximum Gasteiger partial charge on any atom is 0.330 e. The van der Waals surface area contributed by atoms with E-state index in [0.29, 0.717) is 29.1 Å². The van der Waals surface area contributed by atoms with Crippen LogP contribution in [0, 0.1) is 5.92 Å². The third kappa shape index (κ3) is 6.80. The second-order valence-corrected chi connectivity index (χ2v) is 13.5. The maximum atomic E-state index is 11.7. The third-order valence-corrected chi connectivity index (χ3v) is 11.4. The molecule has 0 bridgehead atoms. The summed E-state index contributed by atoms with van der Waals surface area (Å²) in [6.07, 6.45) is 4.66. The quantitative estimate of drug-likeness (QED) is 0.333. The van der Waals surface area contributed by atoms with E-state index in [-0.39, 0.29) is 12.0 Å². The van der Waals surface area contributed by atoms with Crippen LogP contribution in [0.5, 0.6) is 0 Å². The Hall–Kier alpha value is -0.613. The highest BCUT2D eigenvalue weighted by molar-refractivity contribution is 6.81. The lowest BCUT2D eigenvalue weighted by Gasteiger charge is -2.46. The van der Waals surface area contributed by atoms with Crippen molar-refractivity contribution in [1.29, 1.82) is 0 Å². The monoisotopic (exact) mass is 341 g/mol. The summed E-state index contributed by atoms with van der Waals surface area (Å²) in [5, 5.41) is 0. The lowest BCUT2D eigenvalue weighted by Crippen LogP contribution is -2.61. The zero-order chi connectivity index (χ0) is 18.2. The molecule has 0 unspecified atom stereocenters. The van der Waals surface area contributed by atoms with Crippen LogP contribution in [-0.2, 0) is 9.53 Å². The van der Waals surface area contributed by atoms with Crippen molar-refractivity contribution in [1.82, 2.24) is 4.98 Å². The van der Waals surface area contributed by atoms with Crippen LogP contribution in [0.3, 0.4) is 0 Å². The van der Waals surface area contributed by atoms with E-state index in [1.54, 1.807) is 6.08 Å². The molecule has 4 heteroatoms. The fourth-order valence-corrected chi connectivity index (χ4v) is 9.76. The summed E-state index contributed by atoms with van der Waals surface area (Å²) in [6.45, 7) is 20.8. The van der Waals surface area contributed by atoms with Gasteiger partial charge in [-0.2, -0.15) is 0 Å². The summed E-state index contributed by atoms with van der Waals surface area (Å²) in [7, 11) is -1.70. The van der Waals surface area contributed by atoms with Crippen molar-refractivity contribution in [2.75, 3.05) is 6.61 Å². The highest BCUT2D eigenvalue weighted by Gasteiger charge is 2.44. The first-order valence-corrected chi connectivity index (χ1v) is 11.4. The molecule has 0 saturated carbocycles. The topological polar surface area (TPSA) is 38.3 Å². The number of nitrogens with one attached hydrogen (secondary N) is 1. The van der Waals surface area contributed by atoms with Gasteiger partial charge in [-0.3, -0.25) is 0 Å². The number of hydrogen-bond donors (Lipinski definition) is 1. The van der Waals surface area contributed by atoms with E-state index in [1.165, 1.54) is 0 Å². The molecular weight excluding hydrogens is 302 g/mol. The molecule has 0 fully saturated rings. The second kappa shape index (κ2) is 10.3. The average molecular weight is 342 g/mol. The first kappa shape index (κ1) is 22.4. The lowest BCUT2D eigenvalue weighted by molar-refractivity contribution is -0.137. The standard InChI is InChI=1S/C19H39NO2Si/c1-10-22-19(21)12-11-18(13-14(2)3)20-23(15(4)5,16(6)7)17(8)9/h11-12,14-18,20H,10,13H2,1-9H3/b12-11+/t18-/m1/s1.